The minimum absolute atomic E-state index is 0.0577. The Labute approximate surface area is 306 Å². The predicted molar refractivity (Wildman–Crippen MR) is 198 cm³/mol. The van der Waals surface area contributed by atoms with Crippen molar-refractivity contribution >= 4 is 50.9 Å². The lowest BCUT2D eigenvalue weighted by atomic mass is 9.79. The number of hydrogen-bond acceptors (Lipinski definition) is 5. The molecule has 2 aromatic heterocycles. The molecule has 5 aromatic rings. The van der Waals surface area contributed by atoms with Gasteiger partial charge in [-0.05, 0) is 86.9 Å². The highest BCUT2D eigenvalue weighted by molar-refractivity contribution is 6.43. The average molecular weight is 723 g/mol. The molecule has 5 unspecified atom stereocenters. The highest BCUT2D eigenvalue weighted by Gasteiger charge is 2.51. The normalized spacial score (nSPS) is 23.9. The number of carbonyl (C=O) groups is 1. The molecule has 2 aliphatic carbocycles. The van der Waals surface area contributed by atoms with Crippen LogP contribution in [0.5, 0.6) is 5.75 Å². The van der Waals surface area contributed by atoms with E-state index in [2.05, 4.69) is 39.9 Å². The van der Waals surface area contributed by atoms with Crippen LogP contribution in [0.2, 0.25) is 10.0 Å². The van der Waals surface area contributed by atoms with Crippen LogP contribution >= 0.6 is 23.2 Å². The summed E-state index contributed by atoms with van der Waals surface area (Å²) in [7, 11) is 0. The Kier molecular flexibility index (Phi) is 8.03. The first-order valence-corrected chi connectivity index (χ1v) is 18.7. The van der Waals surface area contributed by atoms with E-state index in [1.807, 2.05) is 31.2 Å². The molecule has 0 spiro atoms. The van der Waals surface area contributed by atoms with E-state index in [1.54, 1.807) is 18.2 Å². The summed E-state index contributed by atoms with van der Waals surface area (Å²) in [4.78, 5) is 21.0. The van der Waals surface area contributed by atoms with Crippen LogP contribution in [0.4, 0.5) is 4.39 Å². The van der Waals surface area contributed by atoms with E-state index >= 15 is 4.39 Å². The summed E-state index contributed by atoms with van der Waals surface area (Å²) in [5, 5.41) is 15.6. The van der Waals surface area contributed by atoms with Crippen LogP contribution in [-0.2, 0) is 11.2 Å². The molecule has 10 rings (SSSR count). The zero-order chi connectivity index (χ0) is 35.1. The SMILES string of the molecule is Cc1cccc(OC2CC(c3cc4c(C)nc5c(F)c(-c6cccc(Cl)c6Cl)c(CCC#N)cc5c4n3C3C4CNC3C4)N(C(=O)C3CC3)C2)c1. The van der Waals surface area contributed by atoms with Crippen LogP contribution in [0, 0.1) is 42.8 Å². The summed E-state index contributed by atoms with van der Waals surface area (Å²) in [6, 6.07) is 20.0. The maximum absolute atomic E-state index is 17.2. The Morgan fingerprint density at radius 1 is 1.10 bits per heavy atom. The Morgan fingerprint density at radius 2 is 1.92 bits per heavy atom. The van der Waals surface area contributed by atoms with Gasteiger partial charge in [-0.15, -0.1) is 0 Å². The van der Waals surface area contributed by atoms with Gasteiger partial charge in [-0.3, -0.25) is 4.79 Å². The molecule has 5 aliphatic rings. The second-order valence-electron chi connectivity index (χ2n) is 14.9. The topological polar surface area (TPSA) is 83.2 Å². The number of fused-ring (bicyclic) bond motifs is 4. The fourth-order valence-electron chi connectivity index (χ4n) is 8.95. The highest BCUT2D eigenvalue weighted by atomic mass is 35.5. The number of likely N-dealkylation sites (tertiary alicyclic amines) is 1. The number of halogens is 3. The third kappa shape index (κ3) is 5.39. The maximum atomic E-state index is 17.2. The van der Waals surface area contributed by atoms with E-state index in [1.165, 1.54) is 0 Å². The van der Waals surface area contributed by atoms with Gasteiger partial charge in [0.1, 0.15) is 17.4 Å². The van der Waals surface area contributed by atoms with Gasteiger partial charge in [-0.1, -0.05) is 47.5 Å². The molecule has 0 radical (unpaired) electrons. The summed E-state index contributed by atoms with van der Waals surface area (Å²) in [6.07, 6.45) is 3.96. The van der Waals surface area contributed by atoms with E-state index in [4.69, 9.17) is 32.9 Å². The number of nitrogens with zero attached hydrogens (tertiary/aromatic N) is 4. The highest BCUT2D eigenvalue weighted by Crippen LogP contribution is 2.51. The summed E-state index contributed by atoms with van der Waals surface area (Å²) >= 11 is 13.1. The van der Waals surface area contributed by atoms with Gasteiger partial charge in [-0.25, -0.2) is 9.37 Å². The standard InChI is InChI=1S/C41H38Cl2FN5O2/c1-21-6-3-8-26(14-21)51-27-17-33(48(20-27)41(50)23-11-12-23)34-18-29-22(2)47-38-30(40(29)49(34)39-25-16-32(39)46-19-25)15-24(7-5-13-45)35(37(38)44)28-9-4-10-31(42)36(28)43/h3-4,6,8-10,14-15,18,23,25,27,32-33,39,46H,5,7,11-12,16-17,19-20H2,1-2H3. The molecule has 5 fully saturated rings. The summed E-state index contributed by atoms with van der Waals surface area (Å²) < 4.78 is 26.2. The van der Waals surface area contributed by atoms with Gasteiger partial charge in [0.2, 0.25) is 5.91 Å². The molecule has 260 valence electrons. The minimum atomic E-state index is -0.475. The van der Waals surface area contributed by atoms with Crippen LogP contribution < -0.4 is 10.1 Å². The third-order valence-electron chi connectivity index (χ3n) is 11.5. The van der Waals surface area contributed by atoms with Gasteiger partial charge in [0.05, 0.1) is 40.3 Å². The quantitative estimate of drug-likeness (QED) is 0.173. The van der Waals surface area contributed by atoms with E-state index in [-0.39, 0.29) is 53.0 Å². The Hall–Kier alpha value is -4.16. The van der Waals surface area contributed by atoms with Crippen molar-refractivity contribution in [3.8, 4) is 22.9 Å². The van der Waals surface area contributed by atoms with E-state index in [0.717, 1.165) is 59.4 Å². The van der Waals surface area contributed by atoms with Crippen molar-refractivity contribution in [3.05, 3.63) is 93.0 Å². The van der Waals surface area contributed by atoms with Crippen LogP contribution in [0.1, 0.15) is 66.7 Å². The fraction of sp³-hybridized carbons (Fsp3) is 0.390. The Morgan fingerprint density at radius 3 is 2.65 bits per heavy atom. The molecule has 1 N–H and O–H groups in total. The number of carbonyl (C=O) groups excluding carboxylic acids is 1. The number of pyridine rings is 1. The van der Waals surface area contributed by atoms with Gasteiger partial charge in [0.15, 0.2) is 5.82 Å². The number of nitriles is 1. The van der Waals surface area contributed by atoms with E-state index in [9.17, 15) is 10.1 Å². The monoisotopic (exact) mass is 721 g/mol. The smallest absolute Gasteiger partial charge is 0.226 e. The van der Waals surface area contributed by atoms with Gasteiger partial charge in [0, 0.05) is 64.6 Å². The molecule has 7 nitrogen and oxygen atoms in total. The number of rotatable bonds is 8. The molecule has 2 bridgehead atoms. The first-order chi connectivity index (χ1) is 24.7. The zero-order valence-electron chi connectivity index (χ0n) is 28.6. The number of nitrogens with one attached hydrogen (secondary N) is 1. The van der Waals surface area contributed by atoms with Crippen molar-refractivity contribution < 1.29 is 13.9 Å². The van der Waals surface area contributed by atoms with Crippen LogP contribution in [0.3, 0.4) is 0 Å². The number of ether oxygens (including phenoxy) is 1. The number of amides is 1. The predicted octanol–water partition coefficient (Wildman–Crippen LogP) is 9.04. The number of hydrogen-bond donors (Lipinski definition) is 1. The molecular formula is C41H38Cl2FN5O2. The second-order valence-corrected chi connectivity index (χ2v) is 15.6. The molecular weight excluding hydrogens is 684 g/mol. The lowest BCUT2D eigenvalue weighted by Gasteiger charge is -2.39. The number of aromatic nitrogens is 2. The number of benzene rings is 3. The van der Waals surface area contributed by atoms with Crippen molar-refractivity contribution in [2.24, 2.45) is 11.8 Å². The van der Waals surface area contributed by atoms with Crippen molar-refractivity contribution in [1.82, 2.24) is 19.8 Å². The largest absolute Gasteiger partial charge is 0.488 e. The molecule has 1 amide bonds. The Balaban J connectivity index is 1.26. The van der Waals surface area contributed by atoms with Crippen molar-refractivity contribution in [1.29, 1.82) is 5.26 Å². The molecule has 5 atom stereocenters. The lowest BCUT2D eigenvalue weighted by Crippen LogP contribution is -2.41. The summed E-state index contributed by atoms with van der Waals surface area (Å²) in [5.41, 5.74) is 5.57. The maximum Gasteiger partial charge on any atom is 0.226 e. The van der Waals surface area contributed by atoms with Crippen LogP contribution in [0.15, 0.2) is 54.6 Å². The van der Waals surface area contributed by atoms with Gasteiger partial charge in [0.25, 0.3) is 0 Å². The van der Waals surface area contributed by atoms with Crippen molar-refractivity contribution in [2.45, 2.75) is 76.6 Å². The van der Waals surface area contributed by atoms with Crippen LogP contribution in [-0.4, -0.2) is 45.6 Å². The average Bonchev–Trinajstić information content (AvgIpc) is 3.39. The van der Waals surface area contributed by atoms with Crippen molar-refractivity contribution in [3.63, 3.8) is 0 Å². The van der Waals surface area contributed by atoms with Crippen LogP contribution in [0.25, 0.3) is 32.9 Å². The lowest BCUT2D eigenvalue weighted by molar-refractivity contribution is -0.133. The minimum Gasteiger partial charge on any atom is -0.488 e. The number of aryl methyl sites for hydroxylation is 3. The summed E-state index contributed by atoms with van der Waals surface area (Å²) in [5.74, 6) is 1.00. The first-order valence-electron chi connectivity index (χ1n) is 18.0. The van der Waals surface area contributed by atoms with Gasteiger partial charge in [-0.2, -0.15) is 5.26 Å². The Bertz CT molecular complexity index is 2280. The molecule has 2 saturated carbocycles. The molecule has 3 aliphatic heterocycles. The molecule has 5 heterocycles. The molecule has 10 heteroatoms. The van der Waals surface area contributed by atoms with E-state index in [0.29, 0.717) is 52.4 Å². The van der Waals surface area contributed by atoms with Gasteiger partial charge < -0.3 is 19.5 Å². The molecule has 3 saturated heterocycles. The third-order valence-corrected chi connectivity index (χ3v) is 12.4. The van der Waals surface area contributed by atoms with E-state index < -0.39 is 5.82 Å². The first kappa shape index (κ1) is 32.7. The fourth-order valence-corrected chi connectivity index (χ4v) is 9.35. The zero-order valence-corrected chi connectivity index (χ0v) is 30.1. The second kappa shape index (κ2) is 12.5. The molecule has 3 aromatic carbocycles. The summed E-state index contributed by atoms with van der Waals surface area (Å²) in [6.45, 7) is 5.42. The molecule has 51 heavy (non-hydrogen) atoms. The van der Waals surface area contributed by atoms with Gasteiger partial charge >= 0.3 is 0 Å². The van der Waals surface area contributed by atoms with Crippen molar-refractivity contribution in [2.75, 3.05) is 13.1 Å².